The molecule has 0 saturated carbocycles. The largest absolute Gasteiger partial charge is 0.497 e. The molecule has 0 bridgehead atoms. The summed E-state index contributed by atoms with van der Waals surface area (Å²) in [7, 11) is 2.85. The first-order valence-electron chi connectivity index (χ1n) is 10.7. The second-order valence-electron chi connectivity index (χ2n) is 7.96. The zero-order chi connectivity index (χ0) is 24.6. The lowest BCUT2D eigenvalue weighted by Crippen LogP contribution is -2.24. The lowest BCUT2D eigenvalue weighted by molar-refractivity contribution is -0.136. The van der Waals surface area contributed by atoms with Crippen LogP contribution in [0.4, 0.5) is 10.1 Å². The van der Waals surface area contributed by atoms with Crippen LogP contribution in [0.3, 0.4) is 0 Å². The summed E-state index contributed by atoms with van der Waals surface area (Å²) in [6.07, 6.45) is 1.67. The van der Waals surface area contributed by atoms with Crippen LogP contribution < -0.4 is 9.64 Å². The average Bonchev–Trinajstić information content (AvgIpc) is 3.25. The smallest absolute Gasteiger partial charge is 0.340 e. The number of para-hydroxylation sites is 1. The van der Waals surface area contributed by atoms with E-state index in [1.54, 1.807) is 67.1 Å². The first-order chi connectivity index (χ1) is 16.3. The van der Waals surface area contributed by atoms with Gasteiger partial charge >= 0.3 is 5.97 Å². The zero-order valence-electron chi connectivity index (χ0n) is 19.7. The van der Waals surface area contributed by atoms with Crippen molar-refractivity contribution in [3.05, 3.63) is 94.2 Å². The molecule has 0 spiro atoms. The Morgan fingerprint density at radius 2 is 1.68 bits per heavy atom. The van der Waals surface area contributed by atoms with Crippen LogP contribution in [0.1, 0.15) is 23.9 Å². The van der Waals surface area contributed by atoms with Crippen molar-refractivity contribution >= 4 is 23.6 Å². The second kappa shape index (κ2) is 9.02. The molecular formula is C27H25FN2O4. The maximum absolute atomic E-state index is 14.5. The van der Waals surface area contributed by atoms with Crippen LogP contribution in [0, 0.1) is 19.7 Å². The van der Waals surface area contributed by atoms with Gasteiger partial charge in [0.05, 0.1) is 31.1 Å². The van der Waals surface area contributed by atoms with E-state index < -0.39 is 5.97 Å². The number of aromatic nitrogens is 1. The van der Waals surface area contributed by atoms with Gasteiger partial charge in [0.2, 0.25) is 0 Å². The molecule has 3 aromatic rings. The molecule has 1 aliphatic heterocycles. The summed E-state index contributed by atoms with van der Waals surface area (Å²) in [5, 5.41) is 0. The standard InChI is InChI=1S/C27H25FN2O4/c1-16-14-19(17(2)29(16)24-9-7-6-8-23(24)28)15-22-25(27(32)34-5)18(3)30(26(22)31)20-10-12-21(33-4)13-11-20/h6-15H,1-5H3/b22-15-. The Morgan fingerprint density at radius 3 is 2.29 bits per heavy atom. The van der Waals surface area contributed by atoms with Crippen molar-refractivity contribution in [3.8, 4) is 11.4 Å². The molecule has 1 aromatic heterocycles. The van der Waals surface area contributed by atoms with Gasteiger partial charge in [-0.1, -0.05) is 12.1 Å². The van der Waals surface area contributed by atoms with Crippen molar-refractivity contribution in [2.75, 3.05) is 19.1 Å². The molecule has 4 rings (SSSR count). The number of allylic oxidation sites excluding steroid dienone is 1. The van der Waals surface area contributed by atoms with E-state index in [-0.39, 0.29) is 22.9 Å². The number of anilines is 1. The van der Waals surface area contributed by atoms with E-state index in [9.17, 15) is 14.0 Å². The Kier molecular flexibility index (Phi) is 6.11. The molecule has 2 aromatic carbocycles. The SMILES string of the molecule is COC(=O)C1=C(C)N(c2ccc(OC)cc2)C(=O)/C1=C\c1cc(C)n(-c2ccccc2F)c1C. The predicted molar refractivity (Wildman–Crippen MR) is 128 cm³/mol. The first-order valence-corrected chi connectivity index (χ1v) is 10.7. The van der Waals surface area contributed by atoms with Crippen molar-refractivity contribution in [2.45, 2.75) is 20.8 Å². The number of benzene rings is 2. The Labute approximate surface area is 197 Å². The van der Waals surface area contributed by atoms with Crippen LogP contribution in [0.5, 0.6) is 5.75 Å². The Bertz CT molecular complexity index is 1350. The minimum absolute atomic E-state index is 0.194. The lowest BCUT2D eigenvalue weighted by Gasteiger charge is -2.18. The van der Waals surface area contributed by atoms with Gasteiger partial charge in [-0.2, -0.15) is 0 Å². The fourth-order valence-corrected chi connectivity index (χ4v) is 4.32. The van der Waals surface area contributed by atoms with Gasteiger partial charge in [-0.25, -0.2) is 9.18 Å². The summed E-state index contributed by atoms with van der Waals surface area (Å²) in [6.45, 7) is 5.42. The van der Waals surface area contributed by atoms with Gasteiger partial charge in [-0.3, -0.25) is 9.69 Å². The summed E-state index contributed by atoms with van der Waals surface area (Å²) < 4.78 is 26.5. The number of aryl methyl sites for hydroxylation is 1. The Morgan fingerprint density at radius 1 is 1.00 bits per heavy atom. The number of amides is 1. The van der Waals surface area contributed by atoms with Crippen molar-refractivity contribution in [3.63, 3.8) is 0 Å². The molecule has 34 heavy (non-hydrogen) atoms. The summed E-state index contributed by atoms with van der Waals surface area (Å²) in [5.74, 6) is -0.645. The van der Waals surface area contributed by atoms with E-state index in [1.165, 1.54) is 18.1 Å². The van der Waals surface area contributed by atoms with E-state index in [1.807, 2.05) is 19.9 Å². The van der Waals surface area contributed by atoms with Gasteiger partial charge in [0, 0.05) is 22.8 Å². The number of halogens is 1. The van der Waals surface area contributed by atoms with E-state index >= 15 is 0 Å². The third kappa shape index (κ3) is 3.79. The normalized spacial score (nSPS) is 14.8. The highest BCUT2D eigenvalue weighted by molar-refractivity contribution is 6.23. The molecule has 0 fully saturated rings. The Hall–Kier alpha value is -4.13. The fraction of sp³-hybridized carbons (Fsp3) is 0.185. The molecule has 1 aliphatic rings. The number of rotatable bonds is 5. The van der Waals surface area contributed by atoms with E-state index in [2.05, 4.69) is 0 Å². The van der Waals surface area contributed by atoms with Crippen molar-refractivity contribution in [1.82, 2.24) is 4.57 Å². The number of esters is 1. The number of nitrogens with zero attached hydrogens (tertiary/aromatic N) is 2. The van der Waals surface area contributed by atoms with E-state index in [4.69, 9.17) is 9.47 Å². The topological polar surface area (TPSA) is 60.8 Å². The minimum atomic E-state index is -0.601. The van der Waals surface area contributed by atoms with Crippen molar-refractivity contribution in [1.29, 1.82) is 0 Å². The predicted octanol–water partition coefficient (Wildman–Crippen LogP) is 5.12. The molecule has 7 heteroatoms. The molecule has 0 radical (unpaired) electrons. The zero-order valence-corrected chi connectivity index (χ0v) is 19.7. The number of hydrogen-bond donors (Lipinski definition) is 0. The molecule has 0 saturated heterocycles. The van der Waals surface area contributed by atoms with Gasteiger partial charge in [0.15, 0.2) is 0 Å². The molecule has 0 aliphatic carbocycles. The second-order valence-corrected chi connectivity index (χ2v) is 7.96. The van der Waals surface area contributed by atoms with E-state index in [0.29, 0.717) is 28.4 Å². The third-order valence-electron chi connectivity index (χ3n) is 5.98. The molecule has 0 atom stereocenters. The van der Waals surface area contributed by atoms with Crippen LogP contribution >= 0.6 is 0 Å². The number of ether oxygens (including phenoxy) is 2. The van der Waals surface area contributed by atoms with Crippen LogP contribution in [-0.4, -0.2) is 30.7 Å². The molecule has 174 valence electrons. The summed E-state index contributed by atoms with van der Waals surface area (Å²) >= 11 is 0. The van der Waals surface area contributed by atoms with Crippen LogP contribution in [-0.2, 0) is 14.3 Å². The maximum atomic E-state index is 14.5. The number of carbonyl (C=O) groups excluding carboxylic acids is 2. The molecule has 0 N–H and O–H groups in total. The first kappa shape index (κ1) is 23.0. The lowest BCUT2D eigenvalue weighted by atomic mass is 10.0. The summed E-state index contributed by atoms with van der Waals surface area (Å²) in [5.41, 5.74) is 4.14. The van der Waals surface area contributed by atoms with Crippen molar-refractivity contribution < 1.29 is 23.5 Å². The fourth-order valence-electron chi connectivity index (χ4n) is 4.32. The molecule has 1 amide bonds. The molecule has 0 unspecified atom stereocenters. The summed E-state index contributed by atoms with van der Waals surface area (Å²) in [6, 6.07) is 15.4. The Balaban J connectivity index is 1.84. The minimum Gasteiger partial charge on any atom is -0.497 e. The van der Waals surface area contributed by atoms with Crippen LogP contribution in [0.25, 0.3) is 11.8 Å². The highest BCUT2D eigenvalue weighted by Crippen LogP contribution is 2.37. The molecular weight excluding hydrogens is 435 g/mol. The van der Waals surface area contributed by atoms with Gasteiger partial charge in [0.1, 0.15) is 11.6 Å². The van der Waals surface area contributed by atoms with Crippen LogP contribution in [0.15, 0.2) is 71.4 Å². The molecule has 6 nitrogen and oxygen atoms in total. The van der Waals surface area contributed by atoms with Crippen molar-refractivity contribution in [2.24, 2.45) is 0 Å². The number of hydrogen-bond acceptors (Lipinski definition) is 4. The average molecular weight is 461 g/mol. The van der Waals surface area contributed by atoms with Gasteiger partial charge in [-0.15, -0.1) is 0 Å². The maximum Gasteiger partial charge on any atom is 0.340 e. The number of methoxy groups -OCH3 is 2. The third-order valence-corrected chi connectivity index (χ3v) is 5.98. The molecule has 2 heterocycles. The monoisotopic (exact) mass is 460 g/mol. The van der Waals surface area contributed by atoms with Gasteiger partial charge < -0.3 is 14.0 Å². The highest BCUT2D eigenvalue weighted by atomic mass is 19.1. The summed E-state index contributed by atoms with van der Waals surface area (Å²) in [4.78, 5) is 27.7. The van der Waals surface area contributed by atoms with Gasteiger partial charge in [-0.05, 0) is 74.9 Å². The van der Waals surface area contributed by atoms with E-state index in [0.717, 1.165) is 11.4 Å². The van der Waals surface area contributed by atoms with Crippen LogP contribution in [0.2, 0.25) is 0 Å². The quantitative estimate of drug-likeness (QED) is 0.392. The number of carbonyl (C=O) groups is 2. The van der Waals surface area contributed by atoms with Gasteiger partial charge in [0.25, 0.3) is 5.91 Å². The highest BCUT2D eigenvalue weighted by Gasteiger charge is 2.38.